The highest BCUT2D eigenvalue weighted by Gasteiger charge is 2.19. The number of likely N-dealkylation sites (N-methyl/N-ethyl adjacent to an activating group) is 1. The monoisotopic (exact) mass is 336 g/mol. The van der Waals surface area contributed by atoms with Crippen molar-refractivity contribution in [1.29, 1.82) is 0 Å². The zero-order valence-corrected chi connectivity index (χ0v) is 15.0. The van der Waals surface area contributed by atoms with Gasteiger partial charge in [-0.2, -0.15) is 0 Å². The molecule has 0 bridgehead atoms. The lowest BCUT2D eigenvalue weighted by Crippen LogP contribution is -2.27. The Morgan fingerprint density at radius 1 is 1.32 bits per heavy atom. The van der Waals surface area contributed by atoms with Gasteiger partial charge in [-0.1, -0.05) is 36.4 Å². The summed E-state index contributed by atoms with van der Waals surface area (Å²) in [7, 11) is 3.59. The molecule has 2 rings (SSSR count). The third kappa shape index (κ3) is 4.53. The van der Waals surface area contributed by atoms with E-state index in [0.717, 1.165) is 18.7 Å². The molecule has 5 nitrogen and oxygen atoms in total. The maximum Gasteiger partial charge on any atom is 0.276 e. The third-order valence-corrected chi connectivity index (χ3v) is 4.04. The van der Waals surface area contributed by atoms with Gasteiger partial charge in [0.05, 0.1) is 11.9 Å². The van der Waals surface area contributed by atoms with Gasteiger partial charge in [0.2, 0.25) is 0 Å². The summed E-state index contributed by atoms with van der Waals surface area (Å²) in [6.07, 6.45) is 8.54. The van der Waals surface area contributed by atoms with E-state index in [1.165, 1.54) is 5.56 Å². The van der Waals surface area contributed by atoms with E-state index in [-0.39, 0.29) is 5.91 Å². The molecule has 0 aliphatic rings. The summed E-state index contributed by atoms with van der Waals surface area (Å²) in [5.74, 6) is 0.757. The van der Waals surface area contributed by atoms with Gasteiger partial charge in [0.1, 0.15) is 11.5 Å². The average molecular weight is 336 g/mol. The number of carbonyl (C=O) groups excluding carboxylic acids is 1. The zero-order chi connectivity index (χ0) is 18.2. The molecule has 1 aromatic heterocycles. The van der Waals surface area contributed by atoms with Crippen LogP contribution in [0.1, 0.15) is 28.8 Å². The molecule has 0 spiro atoms. The quantitative estimate of drug-likeness (QED) is 0.575. The lowest BCUT2D eigenvalue weighted by molar-refractivity contribution is 0.0831. The van der Waals surface area contributed by atoms with E-state index in [1.54, 1.807) is 24.3 Å². The van der Waals surface area contributed by atoms with Gasteiger partial charge in [0.15, 0.2) is 0 Å². The van der Waals surface area contributed by atoms with Crippen LogP contribution in [0.4, 0.5) is 0 Å². The molecule has 2 aromatic rings. The second-order valence-corrected chi connectivity index (χ2v) is 5.70. The van der Waals surface area contributed by atoms with Crippen LogP contribution in [0.2, 0.25) is 0 Å². The first-order valence-corrected chi connectivity index (χ1v) is 8.19. The number of aryl methyl sites for hydroxylation is 2. The molecular weight excluding hydrogens is 312 g/mol. The molecule has 0 fully saturated rings. The van der Waals surface area contributed by atoms with Gasteiger partial charge in [-0.15, -0.1) is 0 Å². The second kappa shape index (κ2) is 8.78. The number of carbonyl (C=O) groups is 1. The largest absolute Gasteiger partial charge is 0.327 e. The van der Waals surface area contributed by atoms with E-state index in [4.69, 9.17) is 0 Å². The molecule has 0 saturated carbocycles. The predicted octanol–water partition coefficient (Wildman–Crippen LogP) is 3.40. The molecule has 0 atom stereocenters. The van der Waals surface area contributed by atoms with Gasteiger partial charge in [-0.05, 0) is 31.7 Å². The Bertz CT molecular complexity index is 787. The van der Waals surface area contributed by atoms with E-state index in [0.29, 0.717) is 11.4 Å². The Balaban J connectivity index is 2.15. The Hall–Kier alpha value is -2.95. The first kappa shape index (κ1) is 18.4. The van der Waals surface area contributed by atoms with Crippen molar-refractivity contribution in [2.75, 3.05) is 7.05 Å². The average Bonchev–Trinajstić information content (AvgIpc) is 3.00. The number of amides is 1. The van der Waals surface area contributed by atoms with Gasteiger partial charge in [0.25, 0.3) is 5.91 Å². The van der Waals surface area contributed by atoms with Gasteiger partial charge in [0, 0.05) is 26.7 Å². The van der Waals surface area contributed by atoms with Gasteiger partial charge in [-0.25, -0.2) is 4.98 Å². The summed E-state index contributed by atoms with van der Waals surface area (Å²) in [6, 6.07) is 10.3. The first-order valence-electron chi connectivity index (χ1n) is 8.19. The van der Waals surface area contributed by atoms with Crippen molar-refractivity contribution in [3.8, 4) is 0 Å². The zero-order valence-electron chi connectivity index (χ0n) is 15.0. The van der Waals surface area contributed by atoms with Crippen molar-refractivity contribution in [2.24, 2.45) is 12.0 Å². The van der Waals surface area contributed by atoms with E-state index < -0.39 is 0 Å². The fourth-order valence-corrected chi connectivity index (χ4v) is 2.57. The van der Waals surface area contributed by atoms with E-state index in [9.17, 15) is 4.79 Å². The van der Waals surface area contributed by atoms with Crippen LogP contribution in [-0.2, 0) is 19.9 Å². The van der Waals surface area contributed by atoms with E-state index in [1.807, 2.05) is 48.9 Å². The predicted molar refractivity (Wildman–Crippen MR) is 102 cm³/mol. The number of allylic oxidation sites excluding steroid dienone is 2. The molecule has 0 saturated heterocycles. The minimum absolute atomic E-state index is 0.131. The van der Waals surface area contributed by atoms with Crippen molar-refractivity contribution in [3.63, 3.8) is 0 Å². The molecule has 25 heavy (non-hydrogen) atoms. The number of hydrogen-bond acceptors (Lipinski definition) is 3. The van der Waals surface area contributed by atoms with Crippen LogP contribution in [0.25, 0.3) is 0 Å². The number of hydrogen-bond donors (Lipinski definition) is 0. The van der Waals surface area contributed by atoms with Crippen molar-refractivity contribution in [2.45, 2.75) is 19.8 Å². The van der Waals surface area contributed by atoms with Gasteiger partial charge < -0.3 is 9.47 Å². The molecule has 5 heteroatoms. The maximum absolute atomic E-state index is 12.8. The van der Waals surface area contributed by atoms with Gasteiger partial charge >= 0.3 is 0 Å². The summed E-state index contributed by atoms with van der Waals surface area (Å²) >= 11 is 0. The van der Waals surface area contributed by atoms with Crippen molar-refractivity contribution in [3.05, 3.63) is 77.7 Å². The highest BCUT2D eigenvalue weighted by atomic mass is 16.2. The number of aromatic nitrogens is 2. The SMILES string of the molecule is C=N/C=C(\C=C/C)N(C)C(=O)c1cnc(CCc2ccccc2)n1C. The van der Waals surface area contributed by atoms with Crippen LogP contribution in [-0.4, -0.2) is 34.1 Å². The van der Waals surface area contributed by atoms with E-state index in [2.05, 4.69) is 28.8 Å². The molecule has 0 aliphatic carbocycles. The fourth-order valence-electron chi connectivity index (χ4n) is 2.57. The summed E-state index contributed by atoms with van der Waals surface area (Å²) in [6.45, 7) is 5.35. The summed E-state index contributed by atoms with van der Waals surface area (Å²) in [5, 5.41) is 0. The Labute approximate surface area is 149 Å². The molecule has 0 N–H and O–H groups in total. The smallest absolute Gasteiger partial charge is 0.276 e. The number of imidazole rings is 1. The molecule has 1 aromatic carbocycles. The Morgan fingerprint density at radius 3 is 2.68 bits per heavy atom. The number of aliphatic imine (C=N–C) groups is 1. The summed E-state index contributed by atoms with van der Waals surface area (Å²) in [5.41, 5.74) is 2.48. The van der Waals surface area contributed by atoms with Crippen molar-refractivity contribution in [1.82, 2.24) is 14.5 Å². The molecule has 1 heterocycles. The second-order valence-electron chi connectivity index (χ2n) is 5.70. The van der Waals surface area contributed by atoms with Gasteiger partial charge in [-0.3, -0.25) is 9.79 Å². The Morgan fingerprint density at radius 2 is 2.04 bits per heavy atom. The normalized spacial score (nSPS) is 11.7. The van der Waals surface area contributed by atoms with Crippen LogP contribution in [0.5, 0.6) is 0 Å². The maximum atomic E-state index is 12.8. The minimum atomic E-state index is -0.131. The van der Waals surface area contributed by atoms with Crippen LogP contribution in [0, 0.1) is 0 Å². The number of rotatable bonds is 7. The summed E-state index contributed by atoms with van der Waals surface area (Å²) in [4.78, 5) is 22.5. The molecule has 1 amide bonds. The number of benzene rings is 1. The Kier molecular flexibility index (Phi) is 6.46. The molecule has 130 valence electrons. The van der Waals surface area contributed by atoms with Crippen molar-refractivity contribution >= 4 is 12.6 Å². The molecule has 0 radical (unpaired) electrons. The topological polar surface area (TPSA) is 50.5 Å². The summed E-state index contributed by atoms with van der Waals surface area (Å²) < 4.78 is 1.86. The van der Waals surface area contributed by atoms with Crippen LogP contribution >= 0.6 is 0 Å². The minimum Gasteiger partial charge on any atom is -0.327 e. The molecular formula is C20H24N4O. The standard InChI is InChI=1S/C20H24N4O/c1-5-9-17(14-21-2)23(3)20(25)18-15-22-19(24(18)4)13-12-16-10-7-6-8-11-16/h5-11,14-15H,2,12-13H2,1,3-4H3/b9-5-,17-14+. The molecule has 0 aliphatic heterocycles. The highest BCUT2D eigenvalue weighted by molar-refractivity contribution is 5.93. The van der Waals surface area contributed by atoms with Crippen LogP contribution < -0.4 is 0 Å². The lowest BCUT2D eigenvalue weighted by Gasteiger charge is -2.18. The van der Waals surface area contributed by atoms with Crippen LogP contribution in [0.3, 0.4) is 0 Å². The third-order valence-electron chi connectivity index (χ3n) is 4.04. The highest BCUT2D eigenvalue weighted by Crippen LogP contribution is 2.13. The molecule has 0 unspecified atom stereocenters. The fraction of sp³-hybridized carbons (Fsp3) is 0.250. The first-order chi connectivity index (χ1) is 12.1. The van der Waals surface area contributed by atoms with E-state index >= 15 is 0 Å². The number of nitrogens with zero attached hydrogens (tertiary/aromatic N) is 4. The van der Waals surface area contributed by atoms with Crippen molar-refractivity contribution < 1.29 is 4.79 Å². The lowest BCUT2D eigenvalue weighted by atomic mass is 10.1. The van der Waals surface area contributed by atoms with Crippen LogP contribution in [0.15, 0.2) is 65.6 Å².